The first-order chi connectivity index (χ1) is 17.0. The van der Waals surface area contributed by atoms with E-state index in [9.17, 15) is 14.7 Å². The van der Waals surface area contributed by atoms with Crippen LogP contribution in [-0.2, 0) is 22.4 Å². The summed E-state index contributed by atoms with van der Waals surface area (Å²) in [5, 5.41) is 13.1. The van der Waals surface area contributed by atoms with Crippen LogP contribution in [0.3, 0.4) is 0 Å². The van der Waals surface area contributed by atoms with Crippen molar-refractivity contribution in [3.05, 3.63) is 47.0 Å². The molecule has 2 N–H and O–H groups in total. The summed E-state index contributed by atoms with van der Waals surface area (Å²) in [5.41, 5.74) is 1.78. The second kappa shape index (κ2) is 14.8. The minimum atomic E-state index is -0.407. The van der Waals surface area contributed by atoms with Gasteiger partial charge in [0, 0.05) is 24.6 Å². The summed E-state index contributed by atoms with van der Waals surface area (Å²) in [6.45, 7) is 6.80. The zero-order valence-corrected chi connectivity index (χ0v) is 21.1. The van der Waals surface area contributed by atoms with Gasteiger partial charge in [0.05, 0.1) is 25.4 Å². The fraction of sp³-hybridized carbons (Fsp3) is 0.481. The van der Waals surface area contributed by atoms with Crippen LogP contribution in [0.15, 0.2) is 30.3 Å². The number of phenolic OH excluding ortho intramolecular Hbond substituents is 1. The van der Waals surface area contributed by atoms with Crippen molar-refractivity contribution in [2.45, 2.75) is 52.9 Å². The Bertz CT molecular complexity index is 974. The average molecular weight is 488 g/mol. The van der Waals surface area contributed by atoms with Crippen molar-refractivity contribution >= 4 is 11.9 Å². The summed E-state index contributed by atoms with van der Waals surface area (Å²) in [4.78, 5) is 23.6. The van der Waals surface area contributed by atoms with Crippen molar-refractivity contribution < 1.29 is 33.6 Å². The van der Waals surface area contributed by atoms with Gasteiger partial charge in [-0.3, -0.25) is 4.79 Å². The third-order valence-electron chi connectivity index (χ3n) is 5.26. The molecule has 0 saturated heterocycles. The molecule has 1 amide bonds. The average Bonchev–Trinajstić information content (AvgIpc) is 2.85. The molecule has 0 radical (unpaired) electrons. The van der Waals surface area contributed by atoms with Gasteiger partial charge in [-0.25, -0.2) is 4.79 Å². The molecule has 2 rings (SSSR count). The second-order valence-electron chi connectivity index (χ2n) is 7.89. The molecule has 0 unspecified atom stereocenters. The van der Waals surface area contributed by atoms with Crippen LogP contribution in [-0.4, -0.2) is 50.5 Å². The summed E-state index contributed by atoms with van der Waals surface area (Å²) in [6, 6.07) is 8.83. The number of phenols is 1. The molecule has 35 heavy (non-hydrogen) atoms. The number of aromatic hydroxyl groups is 1. The van der Waals surface area contributed by atoms with E-state index in [0.717, 1.165) is 24.8 Å². The van der Waals surface area contributed by atoms with Gasteiger partial charge in [-0.1, -0.05) is 32.8 Å². The molecule has 0 spiro atoms. The maximum Gasteiger partial charge on any atom is 0.344 e. The normalized spacial score (nSPS) is 10.5. The zero-order valence-electron chi connectivity index (χ0n) is 21.1. The van der Waals surface area contributed by atoms with Gasteiger partial charge in [-0.05, 0) is 44.0 Å². The molecule has 0 aliphatic heterocycles. The highest BCUT2D eigenvalue weighted by atomic mass is 16.6. The Morgan fingerprint density at radius 1 is 0.857 bits per heavy atom. The van der Waals surface area contributed by atoms with Gasteiger partial charge in [0.25, 0.3) is 5.91 Å². The summed E-state index contributed by atoms with van der Waals surface area (Å²) in [7, 11) is 1.53. The fourth-order valence-corrected chi connectivity index (χ4v) is 3.64. The van der Waals surface area contributed by atoms with Gasteiger partial charge in [0.15, 0.2) is 6.61 Å². The van der Waals surface area contributed by atoms with E-state index in [-0.39, 0.29) is 23.8 Å². The maximum absolute atomic E-state index is 12.0. The lowest BCUT2D eigenvalue weighted by Gasteiger charge is -2.17. The number of ether oxygens (including phenoxy) is 4. The Morgan fingerprint density at radius 2 is 1.46 bits per heavy atom. The molecule has 0 heterocycles. The minimum absolute atomic E-state index is 0.0382. The number of hydrogen-bond acceptors (Lipinski definition) is 7. The van der Waals surface area contributed by atoms with Crippen molar-refractivity contribution in [2.75, 3.05) is 33.5 Å². The van der Waals surface area contributed by atoms with Crippen LogP contribution < -0.4 is 19.5 Å². The first-order valence-electron chi connectivity index (χ1n) is 12.2. The molecule has 8 nitrogen and oxygen atoms in total. The molecule has 2 aromatic carbocycles. The summed E-state index contributed by atoms with van der Waals surface area (Å²) >= 11 is 0. The molecule has 0 aliphatic carbocycles. The van der Waals surface area contributed by atoms with E-state index in [1.807, 2.05) is 25.1 Å². The Hall–Kier alpha value is -3.42. The highest BCUT2D eigenvalue weighted by molar-refractivity contribution is 5.97. The van der Waals surface area contributed by atoms with E-state index in [2.05, 4.69) is 12.2 Å². The van der Waals surface area contributed by atoms with Gasteiger partial charge in [0.1, 0.15) is 23.0 Å². The molecule has 192 valence electrons. The van der Waals surface area contributed by atoms with Gasteiger partial charge < -0.3 is 29.4 Å². The number of amides is 1. The molecular weight excluding hydrogens is 450 g/mol. The summed E-state index contributed by atoms with van der Waals surface area (Å²) in [5.74, 6) is 1.12. The van der Waals surface area contributed by atoms with Gasteiger partial charge >= 0.3 is 5.97 Å². The predicted octanol–water partition coefficient (Wildman–Crippen LogP) is 4.45. The van der Waals surface area contributed by atoms with E-state index >= 15 is 0 Å². The van der Waals surface area contributed by atoms with Gasteiger partial charge in [-0.15, -0.1) is 0 Å². The van der Waals surface area contributed by atoms with Crippen molar-refractivity contribution in [3.8, 4) is 23.0 Å². The Labute approximate surface area is 207 Å². The number of carbonyl (C=O) groups excluding carboxylic acids is 2. The topological polar surface area (TPSA) is 103 Å². The van der Waals surface area contributed by atoms with E-state index in [0.29, 0.717) is 55.5 Å². The largest absolute Gasteiger partial charge is 0.507 e. The van der Waals surface area contributed by atoms with Crippen LogP contribution >= 0.6 is 0 Å². The smallest absolute Gasteiger partial charge is 0.344 e. The lowest BCUT2D eigenvalue weighted by molar-refractivity contribution is -0.145. The zero-order chi connectivity index (χ0) is 25.6. The van der Waals surface area contributed by atoms with Crippen LogP contribution in [0.25, 0.3) is 0 Å². The van der Waals surface area contributed by atoms with Gasteiger partial charge in [-0.2, -0.15) is 0 Å². The Balaban J connectivity index is 1.98. The van der Waals surface area contributed by atoms with E-state index in [1.165, 1.54) is 7.05 Å². The molecule has 0 saturated carbocycles. The summed E-state index contributed by atoms with van der Waals surface area (Å²) in [6.07, 6.45) is 3.67. The standard InChI is InChI=1S/C27H37NO7/c1-5-10-19-22(12-8-13-23(19)35-18-25(29)32-7-3)33-16-9-17-34-24-15-14-21(27(31)28-4)26(30)20(24)11-6-2/h8,12-15,30H,5-7,9-11,16-18H2,1-4H3,(H,28,31). The third-order valence-corrected chi connectivity index (χ3v) is 5.26. The first-order valence-corrected chi connectivity index (χ1v) is 12.2. The molecule has 8 heteroatoms. The predicted molar refractivity (Wildman–Crippen MR) is 134 cm³/mol. The maximum atomic E-state index is 12.0. The van der Waals surface area contributed by atoms with Crippen molar-refractivity contribution in [2.24, 2.45) is 0 Å². The van der Waals surface area contributed by atoms with Crippen molar-refractivity contribution in [1.29, 1.82) is 0 Å². The molecule has 0 aliphatic rings. The molecule has 2 aromatic rings. The minimum Gasteiger partial charge on any atom is -0.507 e. The fourth-order valence-electron chi connectivity index (χ4n) is 3.64. The highest BCUT2D eigenvalue weighted by Gasteiger charge is 2.17. The number of benzene rings is 2. The Kier molecular flexibility index (Phi) is 11.7. The molecular formula is C27H37NO7. The monoisotopic (exact) mass is 487 g/mol. The first kappa shape index (κ1) is 27.8. The summed E-state index contributed by atoms with van der Waals surface area (Å²) < 4.78 is 22.5. The van der Waals surface area contributed by atoms with Crippen molar-refractivity contribution in [1.82, 2.24) is 5.32 Å². The lowest BCUT2D eigenvalue weighted by Crippen LogP contribution is -2.18. The molecule has 0 atom stereocenters. The number of nitrogens with one attached hydrogen (secondary N) is 1. The van der Waals surface area contributed by atoms with Gasteiger partial charge in [0.2, 0.25) is 0 Å². The van der Waals surface area contributed by atoms with E-state index in [4.69, 9.17) is 18.9 Å². The lowest BCUT2D eigenvalue weighted by atomic mass is 10.0. The molecule has 0 bridgehead atoms. The third kappa shape index (κ3) is 8.09. The molecule has 0 fully saturated rings. The number of rotatable bonds is 15. The van der Waals surface area contributed by atoms with Crippen LogP contribution in [0.1, 0.15) is 61.5 Å². The molecule has 0 aromatic heterocycles. The van der Waals surface area contributed by atoms with Crippen LogP contribution in [0.2, 0.25) is 0 Å². The van der Waals surface area contributed by atoms with Crippen LogP contribution in [0.4, 0.5) is 0 Å². The number of hydrogen-bond donors (Lipinski definition) is 2. The SMILES string of the molecule is CCCc1c(OCCCOc2ccc(C(=O)NC)c(O)c2CCC)cccc1OCC(=O)OCC. The quantitative estimate of drug-likeness (QED) is 0.283. The number of carbonyl (C=O) groups is 2. The van der Waals surface area contributed by atoms with E-state index < -0.39 is 5.97 Å². The Morgan fingerprint density at radius 3 is 2.06 bits per heavy atom. The van der Waals surface area contributed by atoms with E-state index in [1.54, 1.807) is 19.1 Å². The number of esters is 1. The van der Waals surface area contributed by atoms with Crippen LogP contribution in [0, 0.1) is 0 Å². The van der Waals surface area contributed by atoms with Crippen LogP contribution in [0.5, 0.6) is 23.0 Å². The van der Waals surface area contributed by atoms with Crippen molar-refractivity contribution in [3.63, 3.8) is 0 Å². The highest BCUT2D eigenvalue weighted by Crippen LogP contribution is 2.33. The second-order valence-corrected chi connectivity index (χ2v) is 7.89.